The van der Waals surface area contributed by atoms with E-state index in [1.807, 2.05) is 0 Å². The van der Waals surface area contributed by atoms with E-state index in [4.69, 9.17) is 32.4 Å². The molecule has 12 heteroatoms. The summed E-state index contributed by atoms with van der Waals surface area (Å²) in [6.45, 7) is 0.00151. The maximum Gasteiger partial charge on any atom is 0.277 e. The molecule has 0 saturated heterocycles. The molecule has 0 unspecified atom stereocenters. The molecule has 156 valence electrons. The van der Waals surface area contributed by atoms with Crippen LogP contribution >= 0.6 is 35.0 Å². The van der Waals surface area contributed by atoms with Gasteiger partial charge in [0.1, 0.15) is 17.2 Å². The SMILES string of the molecule is O=C(CSc1nnc(COc2ccc(Cl)cc2Cl)o1)N/N=C\c1ccc(O)cc1O. The zero-order chi connectivity index (χ0) is 21.5. The van der Waals surface area contributed by atoms with E-state index >= 15 is 0 Å². The molecule has 0 aliphatic carbocycles. The first-order valence-electron chi connectivity index (χ1n) is 8.27. The van der Waals surface area contributed by atoms with Gasteiger partial charge < -0.3 is 19.4 Å². The summed E-state index contributed by atoms with van der Waals surface area (Å²) in [7, 11) is 0. The van der Waals surface area contributed by atoms with E-state index in [0.717, 1.165) is 17.8 Å². The number of carbonyl (C=O) groups excluding carboxylic acids is 1. The molecule has 3 aromatic rings. The summed E-state index contributed by atoms with van der Waals surface area (Å²) >= 11 is 12.9. The topological polar surface area (TPSA) is 130 Å². The molecule has 1 aromatic heterocycles. The Hall–Kier alpha value is -2.95. The second-order valence-electron chi connectivity index (χ2n) is 5.65. The van der Waals surface area contributed by atoms with Gasteiger partial charge in [-0.2, -0.15) is 5.10 Å². The third-order valence-electron chi connectivity index (χ3n) is 3.43. The molecule has 0 spiro atoms. The predicted molar refractivity (Wildman–Crippen MR) is 111 cm³/mol. The van der Waals surface area contributed by atoms with Gasteiger partial charge in [-0.05, 0) is 30.3 Å². The number of benzene rings is 2. The molecule has 9 nitrogen and oxygen atoms in total. The number of amides is 1. The number of thioether (sulfide) groups is 1. The summed E-state index contributed by atoms with van der Waals surface area (Å²) in [6, 6.07) is 8.82. The molecule has 0 atom stereocenters. The lowest BCUT2D eigenvalue weighted by Crippen LogP contribution is -2.19. The van der Waals surface area contributed by atoms with Crippen LogP contribution in [-0.4, -0.2) is 38.3 Å². The highest BCUT2D eigenvalue weighted by Crippen LogP contribution is 2.28. The maximum absolute atomic E-state index is 11.8. The van der Waals surface area contributed by atoms with Crippen molar-refractivity contribution in [3.05, 3.63) is 57.9 Å². The van der Waals surface area contributed by atoms with Crippen LogP contribution in [0.4, 0.5) is 0 Å². The number of nitrogens with one attached hydrogen (secondary N) is 1. The van der Waals surface area contributed by atoms with Gasteiger partial charge in [0.15, 0.2) is 6.61 Å². The molecule has 30 heavy (non-hydrogen) atoms. The van der Waals surface area contributed by atoms with Crippen molar-refractivity contribution in [1.29, 1.82) is 0 Å². The highest BCUT2D eigenvalue weighted by molar-refractivity contribution is 7.99. The average Bonchev–Trinajstić information content (AvgIpc) is 3.15. The molecule has 3 N–H and O–H groups in total. The van der Waals surface area contributed by atoms with E-state index < -0.39 is 5.91 Å². The molecule has 1 heterocycles. The van der Waals surface area contributed by atoms with Crippen LogP contribution in [-0.2, 0) is 11.4 Å². The first-order chi connectivity index (χ1) is 14.4. The number of phenols is 2. The second kappa shape index (κ2) is 10.2. The van der Waals surface area contributed by atoms with Crippen LogP contribution < -0.4 is 10.2 Å². The van der Waals surface area contributed by atoms with Crippen LogP contribution in [0, 0.1) is 0 Å². The lowest BCUT2D eigenvalue weighted by atomic mass is 10.2. The number of aromatic hydroxyl groups is 2. The summed E-state index contributed by atoms with van der Waals surface area (Å²) < 4.78 is 10.9. The number of nitrogens with zero attached hydrogens (tertiary/aromatic N) is 3. The molecule has 0 fully saturated rings. The zero-order valence-electron chi connectivity index (χ0n) is 15.1. The van der Waals surface area contributed by atoms with Crippen molar-refractivity contribution >= 4 is 47.1 Å². The minimum absolute atomic E-state index is 0.00151. The number of hydrazone groups is 1. The van der Waals surface area contributed by atoms with Gasteiger partial charge in [-0.25, -0.2) is 5.43 Å². The van der Waals surface area contributed by atoms with Crippen molar-refractivity contribution in [3.63, 3.8) is 0 Å². The summed E-state index contributed by atoms with van der Waals surface area (Å²) in [5.74, 6) is -0.0492. The molecule has 3 rings (SSSR count). The van der Waals surface area contributed by atoms with E-state index in [2.05, 4.69) is 20.7 Å². The Morgan fingerprint density at radius 2 is 2.07 bits per heavy atom. The fourth-order valence-corrected chi connectivity index (χ4v) is 3.10. The van der Waals surface area contributed by atoms with E-state index in [1.165, 1.54) is 18.3 Å². The lowest BCUT2D eigenvalue weighted by Gasteiger charge is -2.05. The molecule has 2 aromatic carbocycles. The van der Waals surface area contributed by atoms with Crippen molar-refractivity contribution in [3.8, 4) is 17.2 Å². The molecule has 0 bridgehead atoms. The van der Waals surface area contributed by atoms with E-state index in [-0.39, 0.29) is 35.0 Å². The van der Waals surface area contributed by atoms with Crippen LogP contribution in [0.15, 0.2) is 51.1 Å². The van der Waals surface area contributed by atoms with Gasteiger partial charge in [-0.15, -0.1) is 10.2 Å². The molecule has 0 saturated carbocycles. The van der Waals surface area contributed by atoms with Crippen molar-refractivity contribution < 1.29 is 24.2 Å². The minimum atomic E-state index is -0.418. The van der Waals surface area contributed by atoms with Gasteiger partial charge in [0.05, 0.1) is 17.0 Å². The van der Waals surface area contributed by atoms with E-state index in [9.17, 15) is 15.0 Å². The van der Waals surface area contributed by atoms with Crippen molar-refractivity contribution in [2.24, 2.45) is 5.10 Å². The lowest BCUT2D eigenvalue weighted by molar-refractivity contribution is -0.118. The summed E-state index contributed by atoms with van der Waals surface area (Å²) in [4.78, 5) is 11.8. The smallest absolute Gasteiger partial charge is 0.277 e. The van der Waals surface area contributed by atoms with Gasteiger partial charge in [-0.1, -0.05) is 35.0 Å². The first-order valence-corrected chi connectivity index (χ1v) is 10.0. The fourth-order valence-electron chi connectivity index (χ4n) is 2.06. The van der Waals surface area contributed by atoms with Crippen molar-refractivity contribution in [2.75, 3.05) is 5.75 Å². The summed E-state index contributed by atoms with van der Waals surface area (Å²) in [5, 5.41) is 31.3. The third kappa shape index (κ3) is 6.28. The third-order valence-corrected chi connectivity index (χ3v) is 4.78. The minimum Gasteiger partial charge on any atom is -0.508 e. The number of halogens is 2. The van der Waals surface area contributed by atoms with Crippen LogP contribution in [0.25, 0.3) is 0 Å². The largest absolute Gasteiger partial charge is 0.508 e. The molecular weight excluding hydrogens is 455 g/mol. The Morgan fingerprint density at radius 1 is 1.23 bits per heavy atom. The van der Waals surface area contributed by atoms with Gasteiger partial charge >= 0.3 is 0 Å². The standard InChI is InChI=1S/C18H14Cl2N4O5S/c19-11-2-4-15(13(20)5-11)28-8-17-23-24-18(29-17)30-9-16(27)22-21-7-10-1-3-12(25)6-14(10)26/h1-7,25-26H,8-9H2,(H,22,27)/b21-7-. The monoisotopic (exact) mass is 468 g/mol. The van der Waals surface area contributed by atoms with E-state index in [0.29, 0.717) is 21.4 Å². The number of ether oxygens (including phenoxy) is 1. The maximum atomic E-state index is 11.8. The number of hydrogen-bond donors (Lipinski definition) is 3. The van der Waals surface area contributed by atoms with Crippen molar-refractivity contribution in [1.82, 2.24) is 15.6 Å². The molecule has 0 radical (unpaired) electrons. The van der Waals surface area contributed by atoms with Crippen LogP contribution in [0.5, 0.6) is 17.2 Å². The van der Waals surface area contributed by atoms with Crippen molar-refractivity contribution in [2.45, 2.75) is 11.8 Å². The number of carbonyl (C=O) groups is 1. The quantitative estimate of drug-likeness (QED) is 0.259. The van der Waals surface area contributed by atoms with Gasteiger partial charge in [0.2, 0.25) is 0 Å². The first kappa shape index (κ1) is 21.8. The Balaban J connectivity index is 1.44. The Bertz CT molecular complexity index is 1080. The molecule has 0 aliphatic rings. The predicted octanol–water partition coefficient (Wildman–Crippen LogP) is 3.61. The average molecular weight is 469 g/mol. The van der Waals surface area contributed by atoms with Gasteiger partial charge in [-0.3, -0.25) is 4.79 Å². The Labute approximate surface area is 184 Å². The second-order valence-corrected chi connectivity index (χ2v) is 7.42. The number of hydrogen-bond acceptors (Lipinski definition) is 9. The molecule has 1 amide bonds. The highest BCUT2D eigenvalue weighted by atomic mass is 35.5. The summed E-state index contributed by atoms with van der Waals surface area (Å²) in [5.41, 5.74) is 2.64. The molecular formula is C18H14Cl2N4O5S. The Morgan fingerprint density at radius 3 is 2.83 bits per heavy atom. The number of phenolic OH excluding ortho intramolecular Hbond substituents is 2. The van der Waals surface area contributed by atoms with Gasteiger partial charge in [0.25, 0.3) is 17.0 Å². The highest BCUT2D eigenvalue weighted by Gasteiger charge is 2.11. The zero-order valence-corrected chi connectivity index (χ0v) is 17.4. The number of rotatable bonds is 8. The normalized spacial score (nSPS) is 11.0. The van der Waals surface area contributed by atoms with E-state index in [1.54, 1.807) is 18.2 Å². The fraction of sp³-hybridized carbons (Fsp3) is 0.111. The van der Waals surface area contributed by atoms with Crippen LogP contribution in [0.2, 0.25) is 10.0 Å². The van der Waals surface area contributed by atoms with Gasteiger partial charge in [0, 0.05) is 16.7 Å². The van der Waals surface area contributed by atoms with Crippen LogP contribution in [0.1, 0.15) is 11.5 Å². The summed E-state index contributed by atoms with van der Waals surface area (Å²) in [6.07, 6.45) is 1.25. The molecule has 0 aliphatic heterocycles. The number of aromatic nitrogens is 2. The van der Waals surface area contributed by atoms with Crippen LogP contribution in [0.3, 0.4) is 0 Å². The Kier molecular flexibility index (Phi) is 7.39.